The van der Waals surface area contributed by atoms with Crippen LogP contribution in [0.1, 0.15) is 37.7 Å². The molecule has 1 aliphatic rings. The standard InChI is InChI=1S/C22H25N3O6/c1-13(2)20(24-21(28)17-9-6-10-30-17)22(29)31-12-19(27)25-14(3)11-18(26)23-15-7-4-5-8-16(15)25/h4-10,13-14,20H,11-12H2,1-3H3,(H,23,26)(H,24,28). The molecule has 2 heterocycles. The highest BCUT2D eigenvalue weighted by Gasteiger charge is 2.32. The fraction of sp³-hybridized carbons (Fsp3) is 0.364. The number of furan rings is 1. The smallest absolute Gasteiger partial charge is 0.329 e. The van der Waals surface area contributed by atoms with Gasteiger partial charge in [0.15, 0.2) is 12.4 Å². The van der Waals surface area contributed by atoms with Crippen LogP contribution >= 0.6 is 0 Å². The van der Waals surface area contributed by atoms with Gasteiger partial charge in [0.1, 0.15) is 6.04 Å². The predicted molar refractivity (Wildman–Crippen MR) is 112 cm³/mol. The maximum atomic E-state index is 12.9. The van der Waals surface area contributed by atoms with E-state index in [0.717, 1.165) is 0 Å². The second kappa shape index (κ2) is 9.46. The Bertz CT molecular complexity index is 969. The minimum Gasteiger partial charge on any atom is -0.459 e. The van der Waals surface area contributed by atoms with Crippen molar-refractivity contribution in [1.29, 1.82) is 0 Å². The molecule has 2 N–H and O–H groups in total. The van der Waals surface area contributed by atoms with Crippen molar-refractivity contribution in [3.8, 4) is 0 Å². The number of fused-ring (bicyclic) bond motifs is 1. The summed E-state index contributed by atoms with van der Waals surface area (Å²) >= 11 is 0. The second-order valence-corrected chi connectivity index (χ2v) is 7.66. The molecule has 1 aromatic heterocycles. The zero-order chi connectivity index (χ0) is 22.5. The van der Waals surface area contributed by atoms with E-state index in [1.54, 1.807) is 51.1 Å². The topological polar surface area (TPSA) is 118 Å². The molecule has 31 heavy (non-hydrogen) atoms. The Morgan fingerprint density at radius 3 is 2.65 bits per heavy atom. The van der Waals surface area contributed by atoms with Crippen molar-refractivity contribution in [3.63, 3.8) is 0 Å². The van der Waals surface area contributed by atoms with Crippen LogP contribution in [0.2, 0.25) is 0 Å². The fourth-order valence-corrected chi connectivity index (χ4v) is 3.38. The van der Waals surface area contributed by atoms with E-state index in [9.17, 15) is 19.2 Å². The monoisotopic (exact) mass is 427 g/mol. The van der Waals surface area contributed by atoms with Gasteiger partial charge in [0.25, 0.3) is 11.8 Å². The summed E-state index contributed by atoms with van der Waals surface area (Å²) in [4.78, 5) is 51.3. The van der Waals surface area contributed by atoms with Crippen molar-refractivity contribution in [3.05, 3.63) is 48.4 Å². The Morgan fingerprint density at radius 2 is 1.97 bits per heavy atom. The van der Waals surface area contributed by atoms with Crippen LogP contribution in [0.15, 0.2) is 47.1 Å². The summed E-state index contributed by atoms with van der Waals surface area (Å²) in [5.74, 6) is -2.15. The highest BCUT2D eigenvalue weighted by molar-refractivity contribution is 6.05. The molecule has 0 saturated carbocycles. The van der Waals surface area contributed by atoms with Crippen LogP contribution in [-0.4, -0.2) is 42.4 Å². The number of carbonyl (C=O) groups excluding carboxylic acids is 4. The first-order chi connectivity index (χ1) is 14.8. The van der Waals surface area contributed by atoms with Gasteiger partial charge in [-0.2, -0.15) is 0 Å². The first-order valence-electron chi connectivity index (χ1n) is 10.00. The van der Waals surface area contributed by atoms with E-state index in [1.807, 2.05) is 0 Å². The first kappa shape index (κ1) is 22.1. The van der Waals surface area contributed by atoms with E-state index >= 15 is 0 Å². The highest BCUT2D eigenvalue weighted by atomic mass is 16.5. The number of anilines is 2. The molecule has 1 aliphatic heterocycles. The van der Waals surface area contributed by atoms with E-state index in [0.29, 0.717) is 11.4 Å². The second-order valence-electron chi connectivity index (χ2n) is 7.66. The molecule has 164 valence electrons. The number of hydrogen-bond donors (Lipinski definition) is 2. The summed E-state index contributed by atoms with van der Waals surface area (Å²) in [7, 11) is 0. The number of benzene rings is 1. The molecule has 0 bridgehead atoms. The van der Waals surface area contributed by atoms with Gasteiger partial charge in [0, 0.05) is 12.5 Å². The Balaban J connectivity index is 1.69. The number of nitrogens with zero attached hydrogens (tertiary/aromatic N) is 1. The van der Waals surface area contributed by atoms with E-state index in [4.69, 9.17) is 9.15 Å². The van der Waals surface area contributed by atoms with E-state index in [-0.39, 0.29) is 24.0 Å². The Kier molecular flexibility index (Phi) is 6.74. The third kappa shape index (κ3) is 5.11. The predicted octanol–water partition coefficient (Wildman–Crippen LogP) is 2.34. The lowest BCUT2D eigenvalue weighted by Crippen LogP contribution is -2.47. The van der Waals surface area contributed by atoms with Crippen molar-refractivity contribution < 1.29 is 28.3 Å². The van der Waals surface area contributed by atoms with Gasteiger partial charge in [-0.05, 0) is 37.1 Å². The Hall–Kier alpha value is -3.62. The van der Waals surface area contributed by atoms with Gasteiger partial charge in [0.05, 0.1) is 17.6 Å². The maximum Gasteiger partial charge on any atom is 0.329 e. The van der Waals surface area contributed by atoms with Gasteiger partial charge in [-0.15, -0.1) is 0 Å². The van der Waals surface area contributed by atoms with Gasteiger partial charge >= 0.3 is 5.97 Å². The molecule has 0 spiro atoms. The first-order valence-corrected chi connectivity index (χ1v) is 10.00. The number of amides is 3. The van der Waals surface area contributed by atoms with E-state index in [1.165, 1.54) is 17.2 Å². The molecule has 3 amide bonds. The highest BCUT2D eigenvalue weighted by Crippen LogP contribution is 2.31. The van der Waals surface area contributed by atoms with Crippen molar-refractivity contribution >= 4 is 35.1 Å². The molecule has 2 aromatic rings. The van der Waals surface area contributed by atoms with Crippen LogP contribution < -0.4 is 15.5 Å². The number of esters is 1. The van der Waals surface area contributed by atoms with Gasteiger partial charge < -0.3 is 24.7 Å². The molecule has 2 atom stereocenters. The SMILES string of the molecule is CC(C)C(NC(=O)c1ccco1)C(=O)OCC(=O)N1c2ccccc2NC(=O)CC1C. The van der Waals surface area contributed by atoms with Crippen LogP contribution in [0.4, 0.5) is 11.4 Å². The van der Waals surface area contributed by atoms with Crippen molar-refractivity contribution in [2.75, 3.05) is 16.8 Å². The van der Waals surface area contributed by atoms with Gasteiger partial charge in [-0.25, -0.2) is 4.79 Å². The quantitative estimate of drug-likeness (QED) is 0.683. The molecule has 1 aromatic carbocycles. The third-order valence-electron chi connectivity index (χ3n) is 4.92. The number of hydrogen-bond acceptors (Lipinski definition) is 6. The molecule has 3 rings (SSSR count). The van der Waals surface area contributed by atoms with E-state index in [2.05, 4.69) is 10.6 Å². The van der Waals surface area contributed by atoms with E-state index < -0.39 is 36.5 Å². The molecule has 0 aliphatic carbocycles. The number of rotatable bonds is 6. The molecule has 9 heteroatoms. The van der Waals surface area contributed by atoms with Crippen LogP contribution in [0.25, 0.3) is 0 Å². The minimum atomic E-state index is -0.956. The summed E-state index contributed by atoms with van der Waals surface area (Å²) in [6, 6.07) is 8.61. The average Bonchev–Trinajstić information content (AvgIpc) is 3.22. The van der Waals surface area contributed by atoms with Crippen molar-refractivity contribution in [2.24, 2.45) is 5.92 Å². The third-order valence-corrected chi connectivity index (χ3v) is 4.92. The fourth-order valence-electron chi connectivity index (χ4n) is 3.38. The Labute approximate surface area is 179 Å². The molecule has 0 radical (unpaired) electrons. The van der Waals surface area contributed by atoms with Gasteiger partial charge in [0.2, 0.25) is 5.91 Å². The largest absolute Gasteiger partial charge is 0.459 e. The van der Waals surface area contributed by atoms with Gasteiger partial charge in [-0.3, -0.25) is 14.4 Å². The summed E-state index contributed by atoms with van der Waals surface area (Å²) in [6.07, 6.45) is 1.47. The normalized spacial score (nSPS) is 16.7. The molecule has 0 saturated heterocycles. The minimum absolute atomic E-state index is 0.0710. The number of carbonyl (C=O) groups is 4. The number of ether oxygens (including phenoxy) is 1. The molecular formula is C22H25N3O6. The van der Waals surface area contributed by atoms with Crippen LogP contribution in [0.3, 0.4) is 0 Å². The zero-order valence-electron chi connectivity index (χ0n) is 17.6. The lowest BCUT2D eigenvalue weighted by molar-refractivity contribution is -0.150. The summed E-state index contributed by atoms with van der Waals surface area (Å²) in [6.45, 7) is 4.73. The molecule has 0 fully saturated rings. The molecular weight excluding hydrogens is 402 g/mol. The number of nitrogens with one attached hydrogen (secondary N) is 2. The number of para-hydroxylation sites is 2. The summed E-state index contributed by atoms with van der Waals surface area (Å²) in [5, 5.41) is 5.35. The van der Waals surface area contributed by atoms with Gasteiger partial charge in [-0.1, -0.05) is 26.0 Å². The molecule has 9 nitrogen and oxygen atoms in total. The molecule has 2 unspecified atom stereocenters. The van der Waals surface area contributed by atoms with Crippen molar-refractivity contribution in [1.82, 2.24) is 5.32 Å². The van der Waals surface area contributed by atoms with Crippen LogP contribution in [-0.2, 0) is 19.1 Å². The van der Waals surface area contributed by atoms with Crippen molar-refractivity contribution in [2.45, 2.75) is 39.3 Å². The lowest BCUT2D eigenvalue weighted by Gasteiger charge is -2.28. The van der Waals surface area contributed by atoms with Crippen LogP contribution in [0, 0.1) is 5.92 Å². The maximum absolute atomic E-state index is 12.9. The van der Waals surface area contributed by atoms with Crippen LogP contribution in [0.5, 0.6) is 0 Å². The zero-order valence-corrected chi connectivity index (χ0v) is 17.6. The summed E-state index contributed by atoms with van der Waals surface area (Å²) in [5.41, 5.74) is 1.05. The Morgan fingerprint density at radius 1 is 1.23 bits per heavy atom. The average molecular weight is 427 g/mol. The summed E-state index contributed by atoms with van der Waals surface area (Å²) < 4.78 is 10.3. The lowest BCUT2D eigenvalue weighted by atomic mass is 10.0.